The predicted molar refractivity (Wildman–Crippen MR) is 68.5 cm³/mol. The fourth-order valence-corrected chi connectivity index (χ4v) is 2.08. The number of hydrogen-bond acceptors (Lipinski definition) is 4. The maximum atomic E-state index is 9.98. The molecule has 0 radical (unpaired) electrons. The van der Waals surface area contributed by atoms with Crippen molar-refractivity contribution in [2.24, 2.45) is 0 Å². The molecule has 0 saturated heterocycles. The summed E-state index contributed by atoms with van der Waals surface area (Å²) < 4.78 is 5.62. The molecule has 0 atom stereocenters. The van der Waals surface area contributed by atoms with Crippen LogP contribution >= 0.6 is 0 Å². The van der Waals surface area contributed by atoms with Crippen molar-refractivity contribution in [2.45, 2.75) is 26.2 Å². The topological polar surface area (TPSA) is 52.9 Å². The van der Waals surface area contributed by atoms with Crippen LogP contribution in [-0.4, -0.2) is 35.6 Å². The molecule has 0 fully saturated rings. The molecule has 5 nitrogen and oxygen atoms in total. The van der Waals surface area contributed by atoms with Crippen LogP contribution in [0, 0.1) is 0 Å². The summed E-state index contributed by atoms with van der Waals surface area (Å²) in [6, 6.07) is 5.40. The van der Waals surface area contributed by atoms with Crippen LogP contribution < -0.4 is 9.66 Å². The average Bonchev–Trinajstić information content (AvgIpc) is 2.35. The van der Waals surface area contributed by atoms with Gasteiger partial charge >= 0.3 is 0 Å². The van der Waals surface area contributed by atoms with Gasteiger partial charge in [-0.05, 0) is 25.0 Å². The first-order valence-electron chi connectivity index (χ1n) is 6.38. The molecule has 1 aromatic rings. The van der Waals surface area contributed by atoms with Crippen molar-refractivity contribution in [3.63, 3.8) is 0 Å². The molecule has 0 saturated carbocycles. The lowest BCUT2D eigenvalue weighted by Crippen LogP contribution is -2.58. The van der Waals surface area contributed by atoms with E-state index < -0.39 is 4.92 Å². The molecule has 0 bridgehead atoms. The fraction of sp³-hybridized carbons (Fsp3) is 0.538. The quantitative estimate of drug-likeness (QED) is 0.639. The van der Waals surface area contributed by atoms with Gasteiger partial charge in [-0.2, -0.15) is 10.4 Å². The molecule has 2 N–H and O–H groups in total. The number of benzene rings is 1. The molecule has 0 spiro atoms. The highest BCUT2D eigenvalue weighted by Gasteiger charge is 2.39. The molecule has 1 aliphatic rings. The minimum Gasteiger partial charge on any atom is -0.494 e. The number of hydrogen-bond donors (Lipinski definition) is 2. The Hall–Kier alpha value is -1.14. The van der Waals surface area contributed by atoms with Gasteiger partial charge in [0.15, 0.2) is 0 Å². The summed E-state index contributed by atoms with van der Waals surface area (Å²) in [5, 5.41) is 21.4. The SMILES string of the molecule is CCCCOc1ccc2c(c1)CCN(C)[N+]2(O)O. The number of likely N-dealkylation sites (N-methyl/N-ethyl adjacent to an activating group) is 1. The van der Waals surface area contributed by atoms with Crippen molar-refractivity contribution < 1.29 is 15.2 Å². The monoisotopic (exact) mass is 253 g/mol. The van der Waals surface area contributed by atoms with E-state index in [9.17, 15) is 10.4 Å². The standard InChI is InChI=1S/C13H21N2O3/c1-3-4-9-18-12-5-6-13-11(10-12)7-8-14(2)15(13,16)17/h5-6,10,16-17H,3-4,7-9H2,1-2H3/q+1. The fourth-order valence-electron chi connectivity index (χ4n) is 2.08. The van der Waals surface area contributed by atoms with Crippen molar-refractivity contribution in [1.29, 1.82) is 0 Å². The largest absolute Gasteiger partial charge is 0.494 e. The normalized spacial score (nSPS) is 18.4. The summed E-state index contributed by atoms with van der Waals surface area (Å²) in [5.74, 6) is 0.798. The van der Waals surface area contributed by atoms with E-state index in [0.717, 1.165) is 30.6 Å². The Bertz CT molecular complexity index is 421. The zero-order valence-corrected chi connectivity index (χ0v) is 11.0. The first kappa shape index (κ1) is 13.3. The molecule has 2 rings (SSSR count). The van der Waals surface area contributed by atoms with Crippen LogP contribution in [-0.2, 0) is 6.42 Å². The summed E-state index contributed by atoms with van der Waals surface area (Å²) in [5.41, 5.74) is 1.42. The van der Waals surface area contributed by atoms with E-state index in [1.807, 2.05) is 6.07 Å². The molecule has 5 heteroatoms. The Morgan fingerprint density at radius 3 is 2.89 bits per heavy atom. The summed E-state index contributed by atoms with van der Waals surface area (Å²) in [4.78, 5) is -1.18. The van der Waals surface area contributed by atoms with E-state index in [-0.39, 0.29) is 0 Å². The minimum atomic E-state index is -1.18. The summed E-state index contributed by atoms with van der Waals surface area (Å²) in [7, 11) is 1.68. The van der Waals surface area contributed by atoms with E-state index in [4.69, 9.17) is 4.74 Å². The van der Waals surface area contributed by atoms with E-state index >= 15 is 0 Å². The van der Waals surface area contributed by atoms with Gasteiger partial charge in [-0.1, -0.05) is 18.4 Å². The Morgan fingerprint density at radius 1 is 1.39 bits per heavy atom. The number of unbranched alkanes of at least 4 members (excludes halogenated alkanes) is 1. The van der Waals surface area contributed by atoms with E-state index in [1.165, 1.54) is 5.01 Å². The van der Waals surface area contributed by atoms with Gasteiger partial charge in [0.05, 0.1) is 18.1 Å². The van der Waals surface area contributed by atoms with Crippen molar-refractivity contribution >= 4 is 5.69 Å². The molecule has 0 aliphatic carbocycles. The number of ether oxygens (including phenoxy) is 1. The van der Waals surface area contributed by atoms with Crippen LogP contribution in [0.4, 0.5) is 5.69 Å². The molecular formula is C13H21N2O3+. The molecule has 1 aromatic carbocycles. The summed E-state index contributed by atoms with van der Waals surface area (Å²) in [6.45, 7) is 3.42. The van der Waals surface area contributed by atoms with Gasteiger partial charge in [0.1, 0.15) is 5.75 Å². The third kappa shape index (κ3) is 2.49. The lowest BCUT2D eigenvalue weighted by Gasteiger charge is -2.33. The van der Waals surface area contributed by atoms with Crippen LogP contribution in [0.2, 0.25) is 0 Å². The van der Waals surface area contributed by atoms with E-state index in [0.29, 0.717) is 18.8 Å². The van der Waals surface area contributed by atoms with Gasteiger partial charge in [0.2, 0.25) is 5.69 Å². The lowest BCUT2D eigenvalue weighted by molar-refractivity contribution is -0.397. The number of fused-ring (bicyclic) bond motifs is 1. The second-order valence-corrected chi connectivity index (χ2v) is 4.69. The van der Waals surface area contributed by atoms with Crippen molar-refractivity contribution in [3.8, 4) is 5.75 Å². The molecular weight excluding hydrogens is 232 g/mol. The Kier molecular flexibility index (Phi) is 3.87. The van der Waals surface area contributed by atoms with E-state index in [2.05, 4.69) is 6.92 Å². The second kappa shape index (κ2) is 5.24. The predicted octanol–water partition coefficient (Wildman–Crippen LogP) is 2.35. The van der Waals surface area contributed by atoms with Crippen molar-refractivity contribution in [2.75, 3.05) is 20.2 Å². The highest BCUT2D eigenvalue weighted by Crippen LogP contribution is 2.32. The number of nitrogens with zero attached hydrogens (tertiary/aromatic N) is 2. The van der Waals surface area contributed by atoms with Gasteiger partial charge in [-0.15, -0.1) is 0 Å². The zero-order valence-electron chi connectivity index (χ0n) is 11.0. The maximum absolute atomic E-state index is 9.98. The first-order valence-corrected chi connectivity index (χ1v) is 6.38. The van der Waals surface area contributed by atoms with Gasteiger partial charge in [-0.3, -0.25) is 0 Å². The molecule has 1 aliphatic heterocycles. The van der Waals surface area contributed by atoms with Gasteiger partial charge in [-0.25, -0.2) is 0 Å². The maximum Gasteiger partial charge on any atom is 0.225 e. The van der Waals surface area contributed by atoms with Crippen LogP contribution in [0.15, 0.2) is 18.2 Å². The second-order valence-electron chi connectivity index (χ2n) is 4.69. The summed E-state index contributed by atoms with van der Waals surface area (Å²) >= 11 is 0. The minimum absolute atomic E-state index is 0.492. The highest BCUT2D eigenvalue weighted by atomic mass is 16.9. The van der Waals surface area contributed by atoms with Gasteiger partial charge < -0.3 is 4.74 Å². The first-order chi connectivity index (χ1) is 8.55. The number of rotatable bonds is 4. The highest BCUT2D eigenvalue weighted by molar-refractivity contribution is 5.52. The van der Waals surface area contributed by atoms with Gasteiger partial charge in [0.25, 0.3) is 0 Å². The van der Waals surface area contributed by atoms with Crippen molar-refractivity contribution in [3.05, 3.63) is 23.8 Å². The third-order valence-electron chi connectivity index (χ3n) is 3.32. The molecule has 18 heavy (non-hydrogen) atoms. The average molecular weight is 253 g/mol. The smallest absolute Gasteiger partial charge is 0.225 e. The molecule has 0 unspecified atom stereocenters. The Balaban J connectivity index is 2.18. The third-order valence-corrected chi connectivity index (χ3v) is 3.32. The Labute approximate surface area is 107 Å². The molecule has 1 heterocycles. The van der Waals surface area contributed by atoms with Crippen molar-refractivity contribution in [1.82, 2.24) is 9.93 Å². The van der Waals surface area contributed by atoms with Crippen LogP contribution in [0.3, 0.4) is 0 Å². The number of quaternary nitrogens is 1. The molecule has 100 valence electrons. The van der Waals surface area contributed by atoms with Gasteiger partial charge in [0, 0.05) is 18.7 Å². The summed E-state index contributed by atoms with van der Waals surface area (Å²) in [6.07, 6.45) is 2.92. The van der Waals surface area contributed by atoms with E-state index in [1.54, 1.807) is 19.2 Å². The van der Waals surface area contributed by atoms with Crippen LogP contribution in [0.25, 0.3) is 0 Å². The molecule has 0 amide bonds. The zero-order chi connectivity index (χ0) is 13.2. The Morgan fingerprint density at radius 2 is 2.17 bits per heavy atom. The molecule has 0 aromatic heterocycles. The van der Waals surface area contributed by atoms with Crippen LogP contribution in [0.5, 0.6) is 5.75 Å². The lowest BCUT2D eigenvalue weighted by atomic mass is 10.1. The van der Waals surface area contributed by atoms with Crippen LogP contribution in [0.1, 0.15) is 25.3 Å².